The zero-order chi connectivity index (χ0) is 10.5. The lowest BCUT2D eigenvalue weighted by Crippen LogP contribution is -2.26. The molecule has 0 aliphatic heterocycles. The molecule has 0 heterocycles. The molecule has 0 bridgehead atoms. The number of Topliss-reactive ketones (excluding diaryl/α,β-unsaturated/α-hetero) is 1. The van der Waals surface area contributed by atoms with E-state index in [1.807, 2.05) is 27.7 Å². The molecule has 0 aromatic heterocycles. The van der Waals surface area contributed by atoms with E-state index in [9.17, 15) is 4.79 Å². The van der Waals surface area contributed by atoms with Gasteiger partial charge in [-0.1, -0.05) is 20.8 Å². The molecule has 2 nitrogen and oxygen atoms in total. The smallest absolute Gasteiger partial charge is 0.138 e. The number of hydrogen-bond donors (Lipinski definition) is 0. The Morgan fingerprint density at radius 1 is 1.38 bits per heavy atom. The molecule has 0 saturated heterocycles. The second-order valence-corrected chi connectivity index (χ2v) is 4.19. The van der Waals surface area contributed by atoms with Gasteiger partial charge < -0.3 is 0 Å². The minimum Gasteiger partial charge on any atom is -0.299 e. The van der Waals surface area contributed by atoms with Crippen LogP contribution in [0.15, 0.2) is 4.99 Å². The Hall–Kier alpha value is -0.660. The Bertz CT molecular complexity index is 204. The van der Waals surface area contributed by atoms with Crippen molar-refractivity contribution >= 4 is 11.5 Å². The largest absolute Gasteiger partial charge is 0.299 e. The molecule has 0 atom stereocenters. The molecule has 0 N–H and O–H groups in total. The molecule has 0 aromatic carbocycles. The van der Waals surface area contributed by atoms with Gasteiger partial charge in [-0.2, -0.15) is 0 Å². The quantitative estimate of drug-likeness (QED) is 0.603. The molecular weight excluding hydrogens is 162 g/mol. The second kappa shape index (κ2) is 5.15. The Morgan fingerprint density at radius 2 is 1.92 bits per heavy atom. The van der Waals surface area contributed by atoms with E-state index in [-0.39, 0.29) is 5.41 Å². The number of nitrogens with zero attached hydrogens (tertiary/aromatic N) is 1. The van der Waals surface area contributed by atoms with Gasteiger partial charge in [0.1, 0.15) is 5.78 Å². The van der Waals surface area contributed by atoms with Crippen molar-refractivity contribution in [1.29, 1.82) is 0 Å². The monoisotopic (exact) mass is 183 g/mol. The van der Waals surface area contributed by atoms with E-state index < -0.39 is 0 Å². The van der Waals surface area contributed by atoms with Crippen molar-refractivity contribution in [2.75, 3.05) is 7.05 Å². The maximum Gasteiger partial charge on any atom is 0.138 e. The van der Waals surface area contributed by atoms with Gasteiger partial charge in [0.05, 0.1) is 0 Å². The highest BCUT2D eigenvalue weighted by atomic mass is 16.1. The molecule has 13 heavy (non-hydrogen) atoms. The van der Waals surface area contributed by atoms with Gasteiger partial charge in [-0.15, -0.1) is 0 Å². The van der Waals surface area contributed by atoms with Gasteiger partial charge in [0.2, 0.25) is 0 Å². The predicted octanol–water partition coefficient (Wildman–Crippen LogP) is 2.86. The molecule has 0 aliphatic carbocycles. The SMILES string of the molecule is CCCC(=O)C(C)(C)CC(C)=NC. The number of aliphatic imine (C=N–C) groups is 1. The Labute approximate surface area is 81.4 Å². The minimum absolute atomic E-state index is 0.237. The van der Waals surface area contributed by atoms with Crippen molar-refractivity contribution in [2.45, 2.75) is 47.0 Å². The first-order chi connectivity index (χ1) is 5.94. The molecule has 0 radical (unpaired) electrons. The van der Waals surface area contributed by atoms with Crippen LogP contribution in [0.1, 0.15) is 47.0 Å². The van der Waals surface area contributed by atoms with Gasteiger partial charge in [0, 0.05) is 24.6 Å². The molecule has 0 spiro atoms. The van der Waals surface area contributed by atoms with Crippen LogP contribution in [0.2, 0.25) is 0 Å². The first-order valence-corrected chi connectivity index (χ1v) is 4.89. The van der Waals surface area contributed by atoms with Gasteiger partial charge in [-0.3, -0.25) is 9.79 Å². The maximum absolute atomic E-state index is 11.7. The summed E-state index contributed by atoms with van der Waals surface area (Å²) in [6.07, 6.45) is 2.40. The van der Waals surface area contributed by atoms with Gasteiger partial charge >= 0.3 is 0 Å². The predicted molar refractivity (Wildman–Crippen MR) is 57.3 cm³/mol. The molecule has 0 unspecified atom stereocenters. The number of hydrogen-bond acceptors (Lipinski definition) is 2. The van der Waals surface area contributed by atoms with E-state index in [4.69, 9.17) is 0 Å². The summed E-state index contributed by atoms with van der Waals surface area (Å²) in [5.74, 6) is 0.345. The number of carbonyl (C=O) groups is 1. The van der Waals surface area contributed by atoms with Crippen molar-refractivity contribution in [3.05, 3.63) is 0 Å². The van der Waals surface area contributed by atoms with Gasteiger partial charge in [0.25, 0.3) is 0 Å². The molecule has 76 valence electrons. The second-order valence-electron chi connectivity index (χ2n) is 4.19. The third kappa shape index (κ3) is 4.20. The lowest BCUT2D eigenvalue weighted by molar-refractivity contribution is -0.126. The van der Waals surface area contributed by atoms with Crippen molar-refractivity contribution in [3.8, 4) is 0 Å². The highest BCUT2D eigenvalue weighted by Gasteiger charge is 2.26. The van der Waals surface area contributed by atoms with E-state index in [1.54, 1.807) is 7.05 Å². The Balaban J connectivity index is 4.30. The number of ketones is 1. The first kappa shape index (κ1) is 12.3. The highest BCUT2D eigenvalue weighted by Crippen LogP contribution is 2.24. The summed E-state index contributed by atoms with van der Waals surface area (Å²) < 4.78 is 0. The number of carbonyl (C=O) groups excluding carboxylic acids is 1. The summed E-state index contributed by atoms with van der Waals surface area (Å²) in [7, 11) is 1.77. The standard InChI is InChI=1S/C11H21NO/c1-6-7-10(13)11(3,4)8-9(2)12-5/h6-8H2,1-5H3. The highest BCUT2D eigenvalue weighted by molar-refractivity contribution is 5.91. The third-order valence-electron chi connectivity index (χ3n) is 2.31. The fourth-order valence-electron chi connectivity index (χ4n) is 1.38. The van der Waals surface area contributed by atoms with Crippen LogP contribution < -0.4 is 0 Å². The average Bonchev–Trinajstić information content (AvgIpc) is 2.04. The lowest BCUT2D eigenvalue weighted by atomic mass is 9.81. The molecule has 2 heteroatoms. The molecule has 0 aromatic rings. The fraction of sp³-hybridized carbons (Fsp3) is 0.818. The molecule has 0 fully saturated rings. The normalized spacial score (nSPS) is 13.2. The summed E-state index contributed by atoms with van der Waals surface area (Å²) in [6.45, 7) is 8.01. The van der Waals surface area contributed by atoms with Crippen LogP contribution in [0, 0.1) is 5.41 Å². The van der Waals surface area contributed by atoms with Crippen LogP contribution in [0.5, 0.6) is 0 Å². The van der Waals surface area contributed by atoms with Crippen molar-refractivity contribution in [2.24, 2.45) is 10.4 Å². The summed E-state index contributed by atoms with van der Waals surface area (Å²) in [5.41, 5.74) is 0.814. The maximum atomic E-state index is 11.7. The topological polar surface area (TPSA) is 29.4 Å². The van der Waals surface area contributed by atoms with Crippen molar-refractivity contribution in [1.82, 2.24) is 0 Å². The number of rotatable bonds is 5. The van der Waals surface area contributed by atoms with Gasteiger partial charge in [-0.25, -0.2) is 0 Å². The minimum atomic E-state index is -0.237. The van der Waals surface area contributed by atoms with E-state index in [2.05, 4.69) is 4.99 Å². The molecule has 0 amide bonds. The van der Waals surface area contributed by atoms with E-state index >= 15 is 0 Å². The Kier molecular flexibility index (Phi) is 4.89. The van der Waals surface area contributed by atoms with Gasteiger partial charge in [-0.05, 0) is 19.8 Å². The summed E-state index contributed by atoms with van der Waals surface area (Å²) in [5, 5.41) is 0. The fourth-order valence-corrected chi connectivity index (χ4v) is 1.38. The van der Waals surface area contributed by atoms with Crippen molar-refractivity contribution < 1.29 is 4.79 Å². The van der Waals surface area contributed by atoms with Gasteiger partial charge in [0.15, 0.2) is 0 Å². The van der Waals surface area contributed by atoms with Crippen molar-refractivity contribution in [3.63, 3.8) is 0 Å². The zero-order valence-corrected chi connectivity index (χ0v) is 9.48. The molecule has 0 rings (SSSR count). The van der Waals surface area contributed by atoms with Crippen LogP contribution in [0.4, 0.5) is 0 Å². The molecule has 0 saturated carbocycles. The van der Waals surface area contributed by atoms with Crippen LogP contribution in [0.25, 0.3) is 0 Å². The zero-order valence-electron chi connectivity index (χ0n) is 9.48. The lowest BCUT2D eigenvalue weighted by Gasteiger charge is -2.22. The van der Waals surface area contributed by atoms with E-state index in [1.165, 1.54) is 0 Å². The first-order valence-electron chi connectivity index (χ1n) is 4.89. The van der Waals surface area contributed by atoms with Crippen LogP contribution in [-0.4, -0.2) is 18.5 Å². The third-order valence-corrected chi connectivity index (χ3v) is 2.31. The summed E-state index contributed by atoms with van der Waals surface area (Å²) in [4.78, 5) is 15.7. The van der Waals surface area contributed by atoms with Crippen LogP contribution in [-0.2, 0) is 4.79 Å². The average molecular weight is 183 g/mol. The van der Waals surface area contributed by atoms with E-state index in [0.717, 1.165) is 18.6 Å². The molecular formula is C11H21NO. The van der Waals surface area contributed by atoms with E-state index in [0.29, 0.717) is 12.2 Å². The summed E-state index contributed by atoms with van der Waals surface area (Å²) >= 11 is 0. The Morgan fingerprint density at radius 3 is 2.31 bits per heavy atom. The molecule has 0 aliphatic rings. The van der Waals surface area contributed by atoms with Crippen LogP contribution in [0.3, 0.4) is 0 Å². The van der Waals surface area contributed by atoms with Crippen LogP contribution >= 0.6 is 0 Å². The summed E-state index contributed by atoms with van der Waals surface area (Å²) in [6, 6.07) is 0.